The fourth-order valence-corrected chi connectivity index (χ4v) is 1.78. The normalized spacial score (nSPS) is 10.3. The van der Waals surface area contributed by atoms with Gasteiger partial charge in [-0.1, -0.05) is 18.2 Å². The summed E-state index contributed by atoms with van der Waals surface area (Å²) in [6.07, 6.45) is 1.16. The minimum Gasteiger partial charge on any atom is -0.493 e. The highest BCUT2D eigenvalue weighted by Crippen LogP contribution is 2.08. The molecular weight excluding hydrogens is 256 g/mol. The van der Waals surface area contributed by atoms with Crippen molar-refractivity contribution in [1.82, 2.24) is 4.90 Å². The first-order chi connectivity index (χ1) is 9.77. The first-order valence-corrected chi connectivity index (χ1v) is 6.92. The molecule has 0 atom stereocenters. The maximum Gasteiger partial charge on any atom is 0.226 e. The Morgan fingerprint density at radius 1 is 1.20 bits per heavy atom. The molecule has 1 aromatic rings. The van der Waals surface area contributed by atoms with Crippen molar-refractivity contribution in [2.24, 2.45) is 5.73 Å². The molecule has 20 heavy (non-hydrogen) atoms. The van der Waals surface area contributed by atoms with Gasteiger partial charge in [0.25, 0.3) is 0 Å². The third-order valence-corrected chi connectivity index (χ3v) is 2.88. The molecule has 1 amide bonds. The zero-order valence-electron chi connectivity index (χ0n) is 12.1. The number of nitrogens with two attached hydrogens (primary N) is 1. The summed E-state index contributed by atoms with van der Waals surface area (Å²) in [6, 6.07) is 9.49. The molecule has 5 heteroatoms. The number of benzene rings is 1. The summed E-state index contributed by atoms with van der Waals surface area (Å²) in [6.45, 7) is 2.77. The number of amides is 1. The van der Waals surface area contributed by atoms with E-state index in [4.69, 9.17) is 15.2 Å². The predicted octanol–water partition coefficient (Wildman–Crippen LogP) is 1.28. The van der Waals surface area contributed by atoms with Crippen molar-refractivity contribution >= 4 is 5.91 Å². The van der Waals surface area contributed by atoms with E-state index in [0.717, 1.165) is 12.2 Å². The number of ether oxygens (including phenoxy) is 2. The van der Waals surface area contributed by atoms with Gasteiger partial charge >= 0.3 is 0 Å². The van der Waals surface area contributed by atoms with E-state index >= 15 is 0 Å². The van der Waals surface area contributed by atoms with Crippen molar-refractivity contribution < 1.29 is 14.3 Å². The van der Waals surface area contributed by atoms with Gasteiger partial charge in [0.1, 0.15) is 5.75 Å². The third-order valence-electron chi connectivity index (χ3n) is 2.88. The molecular formula is C15H24N2O3. The number of methoxy groups -OCH3 is 1. The van der Waals surface area contributed by atoms with Crippen LogP contribution in [0.5, 0.6) is 5.75 Å². The zero-order valence-corrected chi connectivity index (χ0v) is 12.1. The highest BCUT2D eigenvalue weighted by molar-refractivity contribution is 5.76. The Balaban J connectivity index is 2.32. The van der Waals surface area contributed by atoms with E-state index in [1.165, 1.54) is 0 Å². The highest BCUT2D eigenvalue weighted by Gasteiger charge is 2.12. The van der Waals surface area contributed by atoms with E-state index in [-0.39, 0.29) is 5.91 Å². The molecule has 0 unspecified atom stereocenters. The molecule has 0 saturated carbocycles. The van der Waals surface area contributed by atoms with E-state index < -0.39 is 0 Å². The summed E-state index contributed by atoms with van der Waals surface area (Å²) in [4.78, 5) is 13.9. The van der Waals surface area contributed by atoms with Gasteiger partial charge in [0.15, 0.2) is 0 Å². The first kappa shape index (κ1) is 16.5. The molecule has 0 aliphatic heterocycles. The molecule has 0 radical (unpaired) electrons. The van der Waals surface area contributed by atoms with Crippen LogP contribution in [0.4, 0.5) is 0 Å². The standard InChI is InChI=1S/C15H24N2O3/c1-19-13-11-17(10-5-9-16)15(18)8-12-20-14-6-3-2-4-7-14/h2-4,6-7H,5,8-13,16H2,1H3. The number of carbonyl (C=O) groups excluding carboxylic acids is 1. The van der Waals surface area contributed by atoms with Gasteiger partial charge in [-0.05, 0) is 25.1 Å². The van der Waals surface area contributed by atoms with Gasteiger partial charge < -0.3 is 20.1 Å². The van der Waals surface area contributed by atoms with Crippen molar-refractivity contribution in [3.05, 3.63) is 30.3 Å². The number of rotatable bonds is 10. The minimum absolute atomic E-state index is 0.0754. The van der Waals surface area contributed by atoms with E-state index in [1.807, 2.05) is 30.3 Å². The Morgan fingerprint density at radius 2 is 1.95 bits per heavy atom. The van der Waals surface area contributed by atoms with Crippen LogP contribution in [0.3, 0.4) is 0 Å². The van der Waals surface area contributed by atoms with E-state index in [9.17, 15) is 4.79 Å². The second kappa shape index (κ2) is 10.2. The summed E-state index contributed by atoms with van der Waals surface area (Å²) in [7, 11) is 1.63. The van der Waals surface area contributed by atoms with Crippen LogP contribution in [0, 0.1) is 0 Å². The highest BCUT2D eigenvalue weighted by atomic mass is 16.5. The van der Waals surface area contributed by atoms with Gasteiger partial charge in [0.2, 0.25) is 5.91 Å². The zero-order chi connectivity index (χ0) is 14.6. The van der Waals surface area contributed by atoms with Crippen LogP contribution in [-0.2, 0) is 9.53 Å². The number of hydrogen-bond acceptors (Lipinski definition) is 4. The number of hydrogen-bond donors (Lipinski definition) is 1. The van der Waals surface area contributed by atoms with Crippen molar-refractivity contribution in [1.29, 1.82) is 0 Å². The molecule has 5 nitrogen and oxygen atoms in total. The minimum atomic E-state index is 0.0754. The van der Waals surface area contributed by atoms with Crippen LogP contribution in [0.1, 0.15) is 12.8 Å². The largest absolute Gasteiger partial charge is 0.493 e. The topological polar surface area (TPSA) is 64.8 Å². The smallest absolute Gasteiger partial charge is 0.226 e. The molecule has 1 rings (SSSR count). The average Bonchev–Trinajstić information content (AvgIpc) is 2.48. The maximum absolute atomic E-state index is 12.1. The second-order valence-electron chi connectivity index (χ2n) is 4.43. The Hall–Kier alpha value is -1.59. The van der Waals surface area contributed by atoms with Crippen LogP contribution in [0.25, 0.3) is 0 Å². The summed E-state index contributed by atoms with van der Waals surface area (Å²) < 4.78 is 10.6. The van der Waals surface area contributed by atoms with Crippen LogP contribution in [0.15, 0.2) is 30.3 Å². The van der Waals surface area contributed by atoms with Crippen LogP contribution in [0.2, 0.25) is 0 Å². The molecule has 112 valence electrons. The van der Waals surface area contributed by atoms with Gasteiger partial charge in [-0.2, -0.15) is 0 Å². The Morgan fingerprint density at radius 3 is 2.60 bits per heavy atom. The number of nitrogens with zero attached hydrogens (tertiary/aromatic N) is 1. The maximum atomic E-state index is 12.1. The van der Waals surface area contributed by atoms with Gasteiger partial charge in [0, 0.05) is 20.2 Å². The lowest BCUT2D eigenvalue weighted by Crippen LogP contribution is -2.36. The summed E-state index contributed by atoms with van der Waals surface area (Å²) in [5.41, 5.74) is 5.49. The number of carbonyl (C=O) groups is 1. The van der Waals surface area contributed by atoms with Crippen molar-refractivity contribution in [3.8, 4) is 5.75 Å². The SMILES string of the molecule is COCCN(CCCN)C(=O)CCOc1ccccc1. The molecule has 0 aliphatic carbocycles. The van der Waals surface area contributed by atoms with Crippen molar-refractivity contribution in [3.63, 3.8) is 0 Å². The molecule has 0 aliphatic rings. The quantitative estimate of drug-likeness (QED) is 0.701. The van der Waals surface area contributed by atoms with Crippen LogP contribution in [-0.4, -0.2) is 50.8 Å². The summed E-state index contributed by atoms with van der Waals surface area (Å²) in [5.74, 6) is 0.858. The van der Waals surface area contributed by atoms with Crippen LogP contribution >= 0.6 is 0 Å². The fraction of sp³-hybridized carbons (Fsp3) is 0.533. The predicted molar refractivity (Wildman–Crippen MR) is 78.7 cm³/mol. The Labute approximate surface area is 120 Å². The monoisotopic (exact) mass is 280 g/mol. The Kier molecular flexibility index (Phi) is 8.42. The third kappa shape index (κ3) is 6.54. The average molecular weight is 280 g/mol. The summed E-state index contributed by atoms with van der Waals surface area (Å²) in [5, 5.41) is 0. The molecule has 0 saturated heterocycles. The second-order valence-corrected chi connectivity index (χ2v) is 4.43. The van der Waals surface area contributed by atoms with Crippen molar-refractivity contribution in [2.75, 3.05) is 40.0 Å². The van der Waals surface area contributed by atoms with Crippen LogP contribution < -0.4 is 10.5 Å². The van der Waals surface area contributed by atoms with E-state index in [2.05, 4.69) is 0 Å². The first-order valence-electron chi connectivity index (χ1n) is 6.92. The number of para-hydroxylation sites is 1. The van der Waals surface area contributed by atoms with Gasteiger partial charge in [0.05, 0.1) is 19.6 Å². The molecule has 2 N–H and O–H groups in total. The molecule has 0 spiro atoms. The van der Waals surface area contributed by atoms with Gasteiger partial charge in [-0.15, -0.1) is 0 Å². The molecule has 0 bridgehead atoms. The lowest BCUT2D eigenvalue weighted by Gasteiger charge is -2.22. The molecule has 1 aromatic carbocycles. The Bertz CT molecular complexity index is 363. The van der Waals surface area contributed by atoms with E-state index in [1.54, 1.807) is 12.0 Å². The van der Waals surface area contributed by atoms with Crippen molar-refractivity contribution in [2.45, 2.75) is 12.8 Å². The lowest BCUT2D eigenvalue weighted by atomic mass is 10.3. The summed E-state index contributed by atoms with van der Waals surface area (Å²) >= 11 is 0. The van der Waals surface area contributed by atoms with Gasteiger partial charge in [-0.3, -0.25) is 4.79 Å². The lowest BCUT2D eigenvalue weighted by molar-refractivity contribution is -0.132. The van der Waals surface area contributed by atoms with Gasteiger partial charge in [-0.25, -0.2) is 0 Å². The molecule has 0 heterocycles. The fourth-order valence-electron chi connectivity index (χ4n) is 1.78. The molecule has 0 fully saturated rings. The van der Waals surface area contributed by atoms with E-state index in [0.29, 0.717) is 39.3 Å². The molecule has 0 aromatic heterocycles.